The van der Waals surface area contributed by atoms with Crippen molar-refractivity contribution in [3.8, 4) is 5.75 Å². The van der Waals surface area contributed by atoms with E-state index in [0.717, 1.165) is 10.4 Å². The van der Waals surface area contributed by atoms with Crippen LogP contribution in [-0.2, 0) is 19.6 Å². The van der Waals surface area contributed by atoms with E-state index in [9.17, 15) is 22.8 Å². The molecule has 0 aliphatic heterocycles. The van der Waals surface area contributed by atoms with Crippen molar-refractivity contribution in [2.75, 3.05) is 18.5 Å². The molecule has 1 atom stereocenters. The highest BCUT2D eigenvalue weighted by Gasteiger charge is 2.24. The number of carbonyl (C=O) groups excluding carboxylic acids is 3. The Bertz CT molecular complexity index is 1050. The Labute approximate surface area is 173 Å². The largest absolute Gasteiger partial charge is 0.497 e. The molecule has 30 heavy (non-hydrogen) atoms. The van der Waals surface area contributed by atoms with Crippen molar-refractivity contribution in [2.45, 2.75) is 17.9 Å². The Balaban J connectivity index is 2.22. The lowest BCUT2D eigenvalue weighted by atomic mass is 10.2. The second-order valence-electron chi connectivity index (χ2n) is 6.10. The number of nitrogens with zero attached hydrogens (tertiary/aromatic N) is 1. The molecule has 11 heteroatoms. The number of rotatable bonds is 7. The molecule has 2 aromatic carbocycles. The fourth-order valence-electron chi connectivity index (χ4n) is 2.38. The number of benzene rings is 2. The Morgan fingerprint density at radius 3 is 2.30 bits per heavy atom. The number of anilines is 1. The quantitative estimate of drug-likeness (QED) is 0.623. The van der Waals surface area contributed by atoms with E-state index in [2.05, 4.69) is 0 Å². The number of methoxy groups -OCH3 is 1. The smallest absolute Gasteiger partial charge is 0.338 e. The second-order valence-corrected chi connectivity index (χ2v) is 8.07. The average Bonchev–Trinajstić information content (AvgIpc) is 2.72. The molecule has 3 amide bonds. The lowest BCUT2D eigenvalue weighted by molar-refractivity contribution is -0.127. The number of amides is 3. The van der Waals surface area contributed by atoms with E-state index < -0.39 is 34.0 Å². The van der Waals surface area contributed by atoms with Crippen LogP contribution in [0.4, 0.5) is 10.5 Å². The summed E-state index contributed by atoms with van der Waals surface area (Å²) in [5.41, 5.74) is 5.15. The predicted octanol–water partition coefficient (Wildman–Crippen LogP) is 1.26. The first-order valence-electron chi connectivity index (χ1n) is 8.60. The molecule has 0 aliphatic rings. The highest BCUT2D eigenvalue weighted by molar-refractivity contribution is 7.92. The van der Waals surface area contributed by atoms with Crippen LogP contribution in [0.2, 0.25) is 0 Å². The van der Waals surface area contributed by atoms with Crippen LogP contribution in [0, 0.1) is 0 Å². The summed E-state index contributed by atoms with van der Waals surface area (Å²) < 4.78 is 37.0. The minimum absolute atomic E-state index is 0.0852. The zero-order valence-corrected chi connectivity index (χ0v) is 17.3. The number of esters is 1. The van der Waals surface area contributed by atoms with E-state index in [0.29, 0.717) is 11.4 Å². The maximum absolute atomic E-state index is 12.9. The molecular weight excluding hydrogens is 414 g/mol. The number of imide groups is 1. The fraction of sp³-hybridized carbons (Fsp3) is 0.211. The van der Waals surface area contributed by atoms with Gasteiger partial charge >= 0.3 is 12.0 Å². The molecule has 0 aromatic heterocycles. The van der Waals surface area contributed by atoms with Crippen LogP contribution in [-0.4, -0.2) is 46.6 Å². The summed E-state index contributed by atoms with van der Waals surface area (Å²) in [5.74, 6) is -1.27. The highest BCUT2D eigenvalue weighted by Crippen LogP contribution is 2.25. The molecule has 2 aromatic rings. The Hall–Kier alpha value is -3.60. The van der Waals surface area contributed by atoms with Crippen molar-refractivity contribution in [3.05, 3.63) is 54.1 Å². The van der Waals surface area contributed by atoms with E-state index in [4.69, 9.17) is 15.2 Å². The van der Waals surface area contributed by atoms with Crippen molar-refractivity contribution in [1.82, 2.24) is 5.32 Å². The van der Waals surface area contributed by atoms with Crippen LogP contribution in [0.25, 0.3) is 0 Å². The zero-order valence-electron chi connectivity index (χ0n) is 16.5. The Kier molecular flexibility index (Phi) is 7.01. The first kappa shape index (κ1) is 22.7. The molecular formula is C19H21N3O7S. The normalized spacial score (nSPS) is 11.8. The van der Waals surface area contributed by atoms with Crippen molar-refractivity contribution in [3.63, 3.8) is 0 Å². The standard InChI is InChI=1S/C19H21N3O7S/c1-12(17(23)21-19(20)25)29-18(24)13-5-4-6-16(11-13)30(26,27)22(2)14-7-9-15(28-3)10-8-14/h4-12H,1-3H3,(H3,20,21,23,25)/t12-/m0/s1. The molecule has 2 rings (SSSR count). The number of primary amides is 1. The van der Waals surface area contributed by atoms with Crippen LogP contribution >= 0.6 is 0 Å². The fourth-order valence-corrected chi connectivity index (χ4v) is 3.62. The molecule has 160 valence electrons. The van der Waals surface area contributed by atoms with E-state index in [1.807, 2.05) is 0 Å². The average molecular weight is 435 g/mol. The molecule has 0 unspecified atom stereocenters. The number of sulfonamides is 1. The van der Waals surface area contributed by atoms with Crippen molar-refractivity contribution >= 4 is 33.6 Å². The zero-order chi connectivity index (χ0) is 22.5. The lowest BCUT2D eigenvalue weighted by Crippen LogP contribution is -2.42. The minimum atomic E-state index is -3.98. The van der Waals surface area contributed by atoms with Gasteiger partial charge in [-0.1, -0.05) is 6.07 Å². The van der Waals surface area contributed by atoms with Gasteiger partial charge in [0.25, 0.3) is 15.9 Å². The van der Waals surface area contributed by atoms with E-state index in [1.165, 1.54) is 39.3 Å². The lowest BCUT2D eigenvalue weighted by Gasteiger charge is -2.20. The maximum Gasteiger partial charge on any atom is 0.338 e. The van der Waals surface area contributed by atoms with Crippen LogP contribution in [0.5, 0.6) is 5.75 Å². The summed E-state index contributed by atoms with van der Waals surface area (Å²) in [6.45, 7) is 1.24. The third kappa shape index (κ3) is 5.26. The van der Waals surface area contributed by atoms with Gasteiger partial charge in [-0.15, -0.1) is 0 Å². The first-order valence-corrected chi connectivity index (χ1v) is 10.0. The van der Waals surface area contributed by atoms with Crippen LogP contribution < -0.4 is 20.1 Å². The van der Waals surface area contributed by atoms with Gasteiger partial charge in [0.15, 0.2) is 6.10 Å². The molecule has 0 spiro atoms. The summed E-state index contributed by atoms with van der Waals surface area (Å²) in [7, 11) is -1.11. The summed E-state index contributed by atoms with van der Waals surface area (Å²) in [5, 5.41) is 1.79. The van der Waals surface area contributed by atoms with Gasteiger partial charge in [-0.05, 0) is 49.4 Å². The first-order chi connectivity index (χ1) is 14.1. The number of nitrogens with two attached hydrogens (primary N) is 1. The van der Waals surface area contributed by atoms with Crippen molar-refractivity contribution in [2.24, 2.45) is 5.73 Å². The molecule has 0 fully saturated rings. The van der Waals surface area contributed by atoms with Crippen LogP contribution in [0.1, 0.15) is 17.3 Å². The van der Waals surface area contributed by atoms with Crippen LogP contribution in [0.3, 0.4) is 0 Å². The number of hydrogen-bond donors (Lipinski definition) is 2. The van der Waals surface area contributed by atoms with Gasteiger partial charge in [0.1, 0.15) is 5.75 Å². The van der Waals surface area contributed by atoms with E-state index in [1.54, 1.807) is 29.6 Å². The van der Waals surface area contributed by atoms with Crippen molar-refractivity contribution < 1.29 is 32.3 Å². The number of hydrogen-bond acceptors (Lipinski definition) is 7. The number of nitrogens with one attached hydrogen (secondary N) is 1. The number of carbonyl (C=O) groups is 3. The van der Waals surface area contributed by atoms with Gasteiger partial charge in [0.2, 0.25) is 0 Å². The predicted molar refractivity (Wildman–Crippen MR) is 108 cm³/mol. The number of urea groups is 1. The monoisotopic (exact) mass is 435 g/mol. The Morgan fingerprint density at radius 2 is 1.73 bits per heavy atom. The minimum Gasteiger partial charge on any atom is -0.497 e. The summed E-state index contributed by atoms with van der Waals surface area (Å²) in [4.78, 5) is 34.5. The van der Waals surface area contributed by atoms with Crippen molar-refractivity contribution in [1.29, 1.82) is 0 Å². The maximum atomic E-state index is 12.9. The number of ether oxygens (including phenoxy) is 2. The topological polar surface area (TPSA) is 145 Å². The third-order valence-electron chi connectivity index (χ3n) is 4.06. The van der Waals surface area contributed by atoms with E-state index >= 15 is 0 Å². The highest BCUT2D eigenvalue weighted by atomic mass is 32.2. The van der Waals surface area contributed by atoms with Crippen LogP contribution in [0.15, 0.2) is 53.4 Å². The van der Waals surface area contributed by atoms with Gasteiger partial charge in [-0.2, -0.15) is 0 Å². The molecule has 0 saturated carbocycles. The molecule has 0 saturated heterocycles. The van der Waals surface area contributed by atoms with Gasteiger partial charge < -0.3 is 15.2 Å². The van der Waals surface area contributed by atoms with E-state index in [-0.39, 0.29) is 10.5 Å². The summed E-state index contributed by atoms with van der Waals surface area (Å²) >= 11 is 0. The molecule has 0 heterocycles. The summed E-state index contributed by atoms with van der Waals surface area (Å²) in [6, 6.07) is 10.5. The molecule has 10 nitrogen and oxygen atoms in total. The van der Waals surface area contributed by atoms with Gasteiger partial charge in [0, 0.05) is 7.05 Å². The molecule has 0 radical (unpaired) electrons. The summed E-state index contributed by atoms with van der Waals surface area (Å²) in [6.07, 6.45) is -1.31. The molecule has 3 N–H and O–H groups in total. The molecule has 0 aliphatic carbocycles. The van der Waals surface area contributed by atoms with Gasteiger partial charge in [-0.3, -0.25) is 14.4 Å². The second kappa shape index (κ2) is 9.27. The molecule has 0 bridgehead atoms. The third-order valence-corrected chi connectivity index (χ3v) is 5.85. The Morgan fingerprint density at radius 1 is 1.10 bits per heavy atom. The van der Waals surface area contributed by atoms with Gasteiger partial charge in [0.05, 0.1) is 23.3 Å². The van der Waals surface area contributed by atoms with Gasteiger partial charge in [-0.25, -0.2) is 18.0 Å². The SMILES string of the molecule is COc1ccc(N(C)S(=O)(=O)c2cccc(C(=O)O[C@@H](C)C(=O)NC(N)=O)c2)cc1.